The number of hydrogen-bond acceptors (Lipinski definition) is 9. The zero-order valence-electron chi connectivity index (χ0n) is 29.0. The molecule has 4 aliphatic carbocycles. The minimum atomic E-state index is -3.46. The predicted octanol–water partition coefficient (Wildman–Crippen LogP) is 4.86. The smallest absolute Gasteiger partial charge is 0.388 e. The van der Waals surface area contributed by atoms with Crippen LogP contribution in [0, 0.1) is 47.3 Å². The fourth-order valence-corrected chi connectivity index (χ4v) is 32.4. The maximum Gasteiger partial charge on any atom is 0.388 e. The van der Waals surface area contributed by atoms with Crippen LogP contribution in [0.1, 0.15) is 25.7 Å². The Morgan fingerprint density at radius 2 is 0.898 bits per heavy atom. The molecule has 0 amide bonds. The van der Waals surface area contributed by atoms with Crippen molar-refractivity contribution in [2.45, 2.75) is 76.0 Å². The summed E-state index contributed by atoms with van der Waals surface area (Å²) in [4.78, 5) is 50.7. The maximum absolute atomic E-state index is 12.9. The summed E-state index contributed by atoms with van der Waals surface area (Å²) in [6, 6.07) is 20.6. The molecule has 10 unspecified atom stereocenters. The van der Waals surface area contributed by atoms with E-state index in [1.165, 1.54) is 0 Å². The summed E-state index contributed by atoms with van der Waals surface area (Å²) in [6.45, 7) is 13.3. The highest BCUT2D eigenvalue weighted by atomic mass is 28.5. The van der Waals surface area contributed by atoms with Gasteiger partial charge in [0, 0.05) is 0 Å². The van der Waals surface area contributed by atoms with E-state index in [1.807, 2.05) is 36.4 Å². The molecule has 0 radical (unpaired) electrons. The fourth-order valence-electron chi connectivity index (χ4n) is 11.4. The van der Waals surface area contributed by atoms with Crippen molar-refractivity contribution in [3.8, 4) is 0 Å². The van der Waals surface area contributed by atoms with Crippen LogP contribution in [-0.2, 0) is 41.0 Å². The second-order valence-electron chi connectivity index (χ2n) is 16.8. The van der Waals surface area contributed by atoms with Gasteiger partial charge in [0.25, 0.3) is 0 Å². The monoisotopic (exact) mass is 734 g/mol. The third-order valence-electron chi connectivity index (χ3n) is 12.9. The van der Waals surface area contributed by atoms with Crippen molar-refractivity contribution >= 4 is 68.0 Å². The molecule has 10 atom stereocenters. The lowest BCUT2D eigenvalue weighted by atomic mass is 9.81. The Labute approximate surface area is 292 Å². The van der Waals surface area contributed by atoms with E-state index in [1.54, 1.807) is 0 Å². The summed E-state index contributed by atoms with van der Waals surface area (Å²) in [5.41, 5.74) is 0.396. The molecule has 49 heavy (non-hydrogen) atoms. The first-order valence-electron chi connectivity index (χ1n) is 17.8. The van der Waals surface area contributed by atoms with Gasteiger partial charge in [0.05, 0.1) is 23.7 Å². The molecule has 9 nitrogen and oxygen atoms in total. The van der Waals surface area contributed by atoms with E-state index in [2.05, 4.69) is 63.5 Å². The zero-order chi connectivity index (χ0) is 34.7. The van der Waals surface area contributed by atoms with Crippen molar-refractivity contribution in [3.63, 3.8) is 0 Å². The number of carbonyl (C=O) groups excluding carboxylic acids is 4. The van der Waals surface area contributed by atoms with Gasteiger partial charge in [-0.3, -0.25) is 19.2 Å². The van der Waals surface area contributed by atoms with Gasteiger partial charge in [0.2, 0.25) is 0 Å². The average molecular weight is 735 g/mol. The second kappa shape index (κ2) is 11.5. The largest absolute Gasteiger partial charge is 0.436 e. The molecule has 6 fully saturated rings. The number of esters is 4. The van der Waals surface area contributed by atoms with Crippen molar-refractivity contribution in [1.29, 1.82) is 0 Å². The Morgan fingerprint density at radius 1 is 0.510 bits per heavy atom. The SMILES string of the molecule is C[Si](C)(O[Si](O[Si](C)(C)C1CC2CC1C1C(=O)OC(=O)C21)(c1ccccc1)c1ccccc1)O[Si](C)(C)C1CC2CC1C1C(=O)OC(=O)C21. The minimum absolute atomic E-state index is 0.0671. The van der Waals surface area contributed by atoms with Gasteiger partial charge >= 0.3 is 41.0 Å². The van der Waals surface area contributed by atoms with Gasteiger partial charge in [-0.15, -0.1) is 0 Å². The molecule has 2 saturated heterocycles. The van der Waals surface area contributed by atoms with Crippen LogP contribution in [0.4, 0.5) is 0 Å². The Hall–Kier alpha value is -2.53. The van der Waals surface area contributed by atoms with E-state index in [0.717, 1.165) is 36.1 Å². The number of benzene rings is 2. The van der Waals surface area contributed by atoms with E-state index in [4.69, 9.17) is 21.8 Å². The summed E-state index contributed by atoms with van der Waals surface area (Å²) >= 11 is 0. The number of cyclic esters (lactones) is 4. The van der Waals surface area contributed by atoms with Gasteiger partial charge in [-0.05, 0) is 110 Å². The number of fused-ring (bicyclic) bond motifs is 10. The molecule has 4 bridgehead atoms. The standard InChI is InChI=1S/C36H46O9Si4/c1-46(2,27-19-21-17-25(27)31-29(21)33(37)41-35(31)39)43-48(5,6)45-49(23-13-9-7-10-14-23,24-15-11-8-12-16-24)44-47(3,4)28-20-22-18-26(28)32-30(22)34(38)42-36(32)40/h7-16,21-22,25-32H,17-20H2,1-6H3. The van der Waals surface area contributed by atoms with E-state index in [9.17, 15) is 19.2 Å². The van der Waals surface area contributed by atoms with Crippen LogP contribution >= 0.6 is 0 Å². The molecule has 2 aromatic carbocycles. The third-order valence-corrected chi connectivity index (χ3v) is 30.4. The fraction of sp³-hybridized carbons (Fsp3) is 0.556. The molecule has 4 saturated carbocycles. The summed E-state index contributed by atoms with van der Waals surface area (Å²) in [5, 5.41) is 2.02. The number of rotatable bonds is 10. The van der Waals surface area contributed by atoms with Gasteiger partial charge in [-0.25, -0.2) is 0 Å². The summed E-state index contributed by atoms with van der Waals surface area (Å²) in [7, 11) is -11.6. The quantitative estimate of drug-likeness (QED) is 0.192. The Bertz CT molecular complexity index is 1660. The molecule has 0 N–H and O–H groups in total. The van der Waals surface area contributed by atoms with Gasteiger partial charge in [0.15, 0.2) is 16.6 Å². The Morgan fingerprint density at radius 3 is 1.33 bits per heavy atom. The molecule has 0 spiro atoms. The van der Waals surface area contributed by atoms with E-state index in [-0.39, 0.29) is 82.3 Å². The molecule has 6 aliphatic rings. The maximum atomic E-state index is 12.9. The summed E-state index contributed by atoms with van der Waals surface area (Å²) in [6.07, 6.45) is 3.48. The highest BCUT2D eigenvalue weighted by molar-refractivity contribution is 7.02. The third kappa shape index (κ3) is 5.29. The van der Waals surface area contributed by atoms with Crippen molar-refractivity contribution < 1.29 is 41.0 Å². The van der Waals surface area contributed by atoms with Crippen LogP contribution in [0.2, 0.25) is 50.4 Å². The van der Waals surface area contributed by atoms with Gasteiger partial charge in [-0.1, -0.05) is 60.7 Å². The lowest BCUT2D eigenvalue weighted by Gasteiger charge is -2.48. The zero-order valence-corrected chi connectivity index (χ0v) is 33.0. The first-order chi connectivity index (χ1) is 23.1. The molecule has 2 heterocycles. The van der Waals surface area contributed by atoms with Crippen LogP contribution in [0.5, 0.6) is 0 Å². The molecule has 260 valence electrons. The van der Waals surface area contributed by atoms with Crippen LogP contribution in [0.3, 0.4) is 0 Å². The minimum Gasteiger partial charge on any atom is -0.436 e. The number of carbonyl (C=O) groups is 4. The van der Waals surface area contributed by atoms with E-state index >= 15 is 0 Å². The van der Waals surface area contributed by atoms with Crippen LogP contribution < -0.4 is 10.4 Å². The first kappa shape index (κ1) is 33.6. The van der Waals surface area contributed by atoms with Crippen molar-refractivity contribution in [1.82, 2.24) is 0 Å². The predicted molar refractivity (Wildman–Crippen MR) is 190 cm³/mol. The highest BCUT2D eigenvalue weighted by Crippen LogP contribution is 2.64. The molecule has 8 rings (SSSR count). The lowest BCUT2D eigenvalue weighted by molar-refractivity contribution is -0.156. The van der Waals surface area contributed by atoms with Crippen LogP contribution in [0.15, 0.2) is 60.7 Å². The van der Waals surface area contributed by atoms with Gasteiger partial charge in [-0.2, -0.15) is 0 Å². The van der Waals surface area contributed by atoms with Crippen molar-refractivity contribution in [2.75, 3.05) is 0 Å². The summed E-state index contributed by atoms with van der Waals surface area (Å²) < 4.78 is 32.9. The van der Waals surface area contributed by atoms with E-state index in [0.29, 0.717) is 0 Å². The van der Waals surface area contributed by atoms with Crippen LogP contribution in [-0.4, -0.2) is 57.6 Å². The molecule has 13 heteroatoms. The molecular weight excluding hydrogens is 689 g/mol. The van der Waals surface area contributed by atoms with Gasteiger partial charge < -0.3 is 21.8 Å². The lowest BCUT2D eigenvalue weighted by Crippen LogP contribution is -2.72. The summed E-state index contributed by atoms with van der Waals surface area (Å²) in [5.74, 6) is -2.23. The topological polar surface area (TPSA) is 114 Å². The van der Waals surface area contributed by atoms with E-state index < -0.39 is 33.8 Å². The molecule has 2 aliphatic heterocycles. The Kier molecular flexibility index (Phi) is 7.88. The second-order valence-corrected chi connectivity index (χ2v) is 32.4. The molecule has 0 aromatic heterocycles. The number of hydrogen-bond donors (Lipinski definition) is 0. The van der Waals surface area contributed by atoms with Crippen LogP contribution in [0.25, 0.3) is 0 Å². The molecule has 2 aromatic rings. The van der Waals surface area contributed by atoms with Gasteiger partial charge in [0.1, 0.15) is 0 Å². The van der Waals surface area contributed by atoms with Crippen molar-refractivity contribution in [3.05, 3.63) is 60.7 Å². The van der Waals surface area contributed by atoms with Crippen molar-refractivity contribution in [2.24, 2.45) is 47.3 Å². The highest BCUT2D eigenvalue weighted by Gasteiger charge is 2.68. The number of ether oxygens (including phenoxy) is 2. The average Bonchev–Trinajstić information content (AvgIpc) is 3.88. The first-order valence-corrected chi connectivity index (χ1v) is 28.4. The molecular formula is C36H46O9Si4. The Balaban J connectivity index is 1.13. The normalized spacial score (nSPS) is 35.1.